The lowest BCUT2D eigenvalue weighted by molar-refractivity contribution is 0.434. The summed E-state index contributed by atoms with van der Waals surface area (Å²) in [4.78, 5) is 3.77. The fraction of sp³-hybridized carbons (Fsp3) is 0.625. The molecule has 1 fully saturated rings. The molecule has 96 valence electrons. The highest BCUT2D eigenvalue weighted by Crippen LogP contribution is 2.21. The second-order valence-electron chi connectivity index (χ2n) is 3.80. The maximum atomic E-state index is 12.3. The van der Waals surface area contributed by atoms with Gasteiger partial charge in [0.1, 0.15) is 0 Å². The number of aryl methyl sites for hydroxylation is 1. The molecule has 0 aliphatic carbocycles. The van der Waals surface area contributed by atoms with Gasteiger partial charge < -0.3 is 10.3 Å². The van der Waals surface area contributed by atoms with Crippen molar-refractivity contribution in [3.05, 3.63) is 6.33 Å². The van der Waals surface area contributed by atoms with E-state index < -0.39 is 20.8 Å². The first kappa shape index (κ1) is 12.5. The van der Waals surface area contributed by atoms with E-state index >= 15 is 0 Å². The van der Waals surface area contributed by atoms with Crippen LogP contribution in [-0.4, -0.2) is 51.1 Å². The maximum absolute atomic E-state index is 12.3. The Kier molecular flexibility index (Phi) is 3.23. The van der Waals surface area contributed by atoms with E-state index in [1.165, 1.54) is 15.2 Å². The normalized spacial score (nSPS) is 19.6. The van der Waals surface area contributed by atoms with Gasteiger partial charge in [0.25, 0.3) is 10.0 Å². The number of hydrogen-bond donors (Lipinski definition) is 1. The Bertz CT molecular complexity index is 522. The minimum atomic E-state index is -3.63. The predicted octanol–water partition coefficient (Wildman–Crippen LogP) is -1.24. The molecule has 2 heterocycles. The second kappa shape index (κ2) is 4.39. The number of anilines is 1. The summed E-state index contributed by atoms with van der Waals surface area (Å²) in [5.41, 5.74) is 5.56. The number of rotatable bonds is 2. The number of sulfonamides is 1. The fourth-order valence-electron chi connectivity index (χ4n) is 1.74. The number of imidazole rings is 1. The highest BCUT2D eigenvalue weighted by Gasteiger charge is 2.32. The van der Waals surface area contributed by atoms with Gasteiger partial charge in [-0.25, -0.2) is 13.4 Å². The number of nitrogen functional groups attached to an aromatic ring is 1. The van der Waals surface area contributed by atoms with Crippen LogP contribution < -0.4 is 5.73 Å². The lowest BCUT2D eigenvalue weighted by Gasteiger charge is -2.25. The van der Waals surface area contributed by atoms with Crippen molar-refractivity contribution >= 4 is 26.6 Å². The average Bonchev–Trinajstić information content (AvgIpc) is 2.59. The Hall–Kier alpha value is -0.930. The molecule has 0 saturated carbocycles. The molecule has 1 saturated heterocycles. The third-order valence-corrected chi connectivity index (χ3v) is 5.94. The van der Waals surface area contributed by atoms with Gasteiger partial charge >= 0.3 is 0 Å². The van der Waals surface area contributed by atoms with Crippen molar-refractivity contribution in [1.29, 1.82) is 0 Å². The van der Waals surface area contributed by atoms with Crippen LogP contribution in [0, 0.1) is 0 Å². The van der Waals surface area contributed by atoms with E-state index in [1.807, 2.05) is 0 Å². The molecule has 2 N–H and O–H groups in total. The van der Waals surface area contributed by atoms with Crippen LogP contribution >= 0.6 is 0 Å². The van der Waals surface area contributed by atoms with Gasteiger partial charge in [-0.1, -0.05) is 0 Å². The molecular weight excluding hydrogens is 264 g/mol. The maximum Gasteiger partial charge on any atom is 0.262 e. The van der Waals surface area contributed by atoms with Gasteiger partial charge in [-0.2, -0.15) is 4.31 Å². The van der Waals surface area contributed by atoms with E-state index in [4.69, 9.17) is 5.73 Å². The van der Waals surface area contributed by atoms with Crippen molar-refractivity contribution in [1.82, 2.24) is 13.9 Å². The second-order valence-corrected chi connectivity index (χ2v) is 7.35. The van der Waals surface area contributed by atoms with Crippen molar-refractivity contribution in [3.8, 4) is 0 Å². The third kappa shape index (κ3) is 2.22. The molecule has 0 spiro atoms. The Morgan fingerprint density at radius 3 is 2.47 bits per heavy atom. The minimum Gasteiger partial charge on any atom is -0.381 e. The van der Waals surface area contributed by atoms with Crippen LogP contribution in [-0.2, 0) is 27.9 Å². The SMILES string of the molecule is Cn1cnc(N)c1S(=O)(=O)N1CCS(=O)CC1. The summed E-state index contributed by atoms with van der Waals surface area (Å²) in [7, 11) is -2.96. The molecule has 0 unspecified atom stereocenters. The molecule has 0 atom stereocenters. The van der Waals surface area contributed by atoms with Gasteiger partial charge in [0.05, 0.1) is 6.33 Å². The molecule has 0 aromatic carbocycles. The van der Waals surface area contributed by atoms with E-state index in [0.29, 0.717) is 11.5 Å². The van der Waals surface area contributed by atoms with E-state index in [9.17, 15) is 12.6 Å². The molecule has 0 bridgehead atoms. The van der Waals surface area contributed by atoms with Crippen LogP contribution in [0.3, 0.4) is 0 Å². The number of nitrogens with zero attached hydrogens (tertiary/aromatic N) is 3. The lowest BCUT2D eigenvalue weighted by Crippen LogP contribution is -2.42. The molecule has 7 nitrogen and oxygen atoms in total. The summed E-state index contributed by atoms with van der Waals surface area (Å²) in [6, 6.07) is 0. The molecule has 17 heavy (non-hydrogen) atoms. The number of aromatic nitrogens is 2. The summed E-state index contributed by atoms with van der Waals surface area (Å²) in [6.07, 6.45) is 1.37. The Balaban J connectivity index is 2.34. The minimum absolute atomic E-state index is 0.000745. The summed E-state index contributed by atoms with van der Waals surface area (Å²) in [6.45, 7) is 0.527. The largest absolute Gasteiger partial charge is 0.381 e. The summed E-state index contributed by atoms with van der Waals surface area (Å²) in [5.74, 6) is 0.743. The fourth-order valence-corrected chi connectivity index (χ4v) is 4.65. The van der Waals surface area contributed by atoms with Crippen molar-refractivity contribution in [3.63, 3.8) is 0 Å². The molecule has 9 heteroatoms. The standard InChI is InChI=1S/C8H14N4O3S2/c1-11-6-10-7(9)8(11)17(14,15)12-2-4-16(13)5-3-12/h6H,2-5,9H2,1H3. The van der Waals surface area contributed by atoms with E-state index in [-0.39, 0.29) is 23.9 Å². The first-order valence-corrected chi connectivity index (χ1v) is 7.97. The summed E-state index contributed by atoms with van der Waals surface area (Å²) < 4.78 is 38.5. The van der Waals surface area contributed by atoms with E-state index in [0.717, 1.165) is 0 Å². The molecule has 1 aliphatic heterocycles. The van der Waals surface area contributed by atoms with Crippen LogP contribution in [0.15, 0.2) is 11.4 Å². The summed E-state index contributed by atoms with van der Waals surface area (Å²) >= 11 is 0. The van der Waals surface area contributed by atoms with Crippen molar-refractivity contribution in [2.45, 2.75) is 5.03 Å². The molecule has 2 rings (SSSR count). The third-order valence-electron chi connectivity index (χ3n) is 2.63. The first-order chi connectivity index (χ1) is 7.93. The quantitative estimate of drug-likeness (QED) is 0.729. The molecule has 1 aromatic heterocycles. The van der Waals surface area contributed by atoms with Gasteiger partial charge in [-0.05, 0) is 0 Å². The topological polar surface area (TPSA) is 98.3 Å². The average molecular weight is 278 g/mol. The van der Waals surface area contributed by atoms with Gasteiger partial charge in [0.15, 0.2) is 10.8 Å². The van der Waals surface area contributed by atoms with E-state index in [2.05, 4.69) is 4.98 Å². The van der Waals surface area contributed by atoms with Gasteiger partial charge in [-0.15, -0.1) is 0 Å². The van der Waals surface area contributed by atoms with Crippen LogP contribution in [0.5, 0.6) is 0 Å². The first-order valence-electron chi connectivity index (χ1n) is 5.05. The van der Waals surface area contributed by atoms with Gasteiger partial charge in [-0.3, -0.25) is 4.21 Å². The highest BCUT2D eigenvalue weighted by molar-refractivity contribution is 7.89. The van der Waals surface area contributed by atoms with Gasteiger partial charge in [0, 0.05) is 42.4 Å². The Morgan fingerprint density at radius 1 is 1.41 bits per heavy atom. The zero-order valence-electron chi connectivity index (χ0n) is 9.37. The molecule has 0 radical (unpaired) electrons. The van der Waals surface area contributed by atoms with Crippen molar-refractivity contribution in [2.75, 3.05) is 30.3 Å². The van der Waals surface area contributed by atoms with E-state index in [1.54, 1.807) is 7.05 Å². The van der Waals surface area contributed by atoms with Crippen LogP contribution in [0.4, 0.5) is 5.82 Å². The van der Waals surface area contributed by atoms with Crippen LogP contribution in [0.25, 0.3) is 0 Å². The van der Waals surface area contributed by atoms with Crippen molar-refractivity contribution < 1.29 is 12.6 Å². The smallest absolute Gasteiger partial charge is 0.262 e. The van der Waals surface area contributed by atoms with Crippen LogP contribution in [0.1, 0.15) is 0 Å². The molecular formula is C8H14N4O3S2. The number of hydrogen-bond acceptors (Lipinski definition) is 5. The summed E-state index contributed by atoms with van der Waals surface area (Å²) in [5, 5.41) is 0.00480. The van der Waals surface area contributed by atoms with Crippen molar-refractivity contribution in [2.24, 2.45) is 7.05 Å². The predicted molar refractivity (Wildman–Crippen MR) is 64.3 cm³/mol. The van der Waals surface area contributed by atoms with Crippen LogP contribution in [0.2, 0.25) is 0 Å². The highest BCUT2D eigenvalue weighted by atomic mass is 32.2. The molecule has 1 aliphatic rings. The van der Waals surface area contributed by atoms with Gasteiger partial charge in [0.2, 0.25) is 0 Å². The lowest BCUT2D eigenvalue weighted by atomic mass is 10.6. The zero-order valence-corrected chi connectivity index (χ0v) is 11.0. The number of nitrogens with two attached hydrogens (primary N) is 1. The Labute approximate surface area is 102 Å². The molecule has 1 aromatic rings. The molecule has 0 amide bonds. The Morgan fingerprint density at radius 2 is 2.00 bits per heavy atom. The zero-order chi connectivity index (χ0) is 12.6. The monoisotopic (exact) mass is 278 g/mol.